The Kier molecular flexibility index (Phi) is 24.0. The van der Waals surface area contributed by atoms with Crippen molar-refractivity contribution in [3.63, 3.8) is 0 Å². The van der Waals surface area contributed by atoms with E-state index in [9.17, 15) is 15.8 Å². The van der Waals surface area contributed by atoms with Gasteiger partial charge >= 0.3 is 0 Å². The third-order valence-corrected chi connectivity index (χ3v) is 25.3. The first kappa shape index (κ1) is 91.4. The summed E-state index contributed by atoms with van der Waals surface area (Å²) in [5.74, 6) is 11.0. The van der Waals surface area contributed by atoms with Crippen LogP contribution in [0.2, 0.25) is 0 Å². The van der Waals surface area contributed by atoms with Crippen LogP contribution < -0.4 is 0 Å². The van der Waals surface area contributed by atoms with E-state index in [2.05, 4.69) is 235 Å². The molecule has 0 fully saturated rings. The van der Waals surface area contributed by atoms with E-state index in [4.69, 9.17) is 43.0 Å². The molecule has 9 heterocycles. The van der Waals surface area contributed by atoms with E-state index in [1.54, 1.807) is 0 Å². The maximum Gasteiger partial charge on any atom is 0.194 e. The van der Waals surface area contributed by atoms with Crippen molar-refractivity contribution < 1.29 is 0 Å². The lowest BCUT2D eigenvalue weighted by atomic mass is 9.97. The lowest BCUT2D eigenvalue weighted by Gasteiger charge is -2.16. The summed E-state index contributed by atoms with van der Waals surface area (Å²) in [6.45, 7) is 38.0. The fraction of sp³-hybridized carbons (Fsp3) is 0.101. The summed E-state index contributed by atoms with van der Waals surface area (Å²) in [5.41, 5.74) is 25.4. The second kappa shape index (κ2) is 38.1. The molecule has 690 valence electrons. The molecule has 14 aromatic carbocycles. The maximum atomic E-state index is 9.97. The topological polar surface area (TPSA) is 327 Å². The summed E-state index contributed by atoms with van der Waals surface area (Å²) in [5, 5.41) is 35.9. The Morgan fingerprint density at radius 2 is 0.421 bits per heavy atom. The van der Waals surface area contributed by atoms with E-state index in [1.807, 2.05) is 241 Å². The maximum absolute atomic E-state index is 9.97. The minimum atomic E-state index is 0.523. The highest BCUT2D eigenvalue weighted by atomic mass is 15.1. The van der Waals surface area contributed by atoms with Crippen LogP contribution in [-0.4, -0.2) is 103 Å². The lowest BCUT2D eigenvalue weighted by Crippen LogP contribution is -2.05. The Morgan fingerprint density at radius 3 is 0.738 bits per heavy atom. The van der Waals surface area contributed by atoms with Crippen LogP contribution in [0, 0.1) is 130 Å². The van der Waals surface area contributed by atoms with Crippen molar-refractivity contribution in [1.82, 2.24) is 103 Å². The number of nitrogens with zero attached hydrogens (tertiary/aromatic N) is 26. The van der Waals surface area contributed by atoms with Gasteiger partial charge in [-0.05, 0) is 266 Å². The van der Waals surface area contributed by atoms with Crippen LogP contribution in [0.25, 0.3) is 216 Å². The molecule has 0 bridgehead atoms. The van der Waals surface area contributed by atoms with E-state index in [1.165, 1.54) is 0 Å². The van der Waals surface area contributed by atoms with Gasteiger partial charge in [0.15, 0.2) is 46.3 Å². The molecule has 0 aliphatic carbocycles. The first-order valence-electron chi connectivity index (χ1n) is 46.7. The average molecular weight is 1880 g/mol. The SMILES string of the molecule is Cc1nc(C)nc(-c2ccc(-n3c4ccccc4c4cc(-c5ccccc5C#N)ccc43)c(-c3nc(C)nc(C)n3)c2)n1.[C-]#[N+]c1ccccc1-c1ccc2c(c1)c1cc(-c3ccccc3C#N)ccc1n2-c1ccc(-c2nc(C)nc(C)n2)cc1-c1nc(C)nc(C)n1.[C-]#[N+]c1ccccc1-c1ccc2c3ccc(-c4ccccc4C#N)cc3n(-c3ccc(-c4nc(C)nc(C)n4)cc3-c3nc(C)nc(C)n3)c2c1. The van der Waals surface area contributed by atoms with Crippen molar-refractivity contribution in [3.8, 4) is 159 Å². The summed E-state index contributed by atoms with van der Waals surface area (Å²) in [7, 11) is 0. The first-order chi connectivity index (χ1) is 70.5. The summed E-state index contributed by atoms with van der Waals surface area (Å²) < 4.78 is 6.71. The van der Waals surface area contributed by atoms with Gasteiger partial charge in [0.05, 0.1) is 98.2 Å². The number of rotatable bonds is 14. The monoisotopic (exact) mass is 1880 g/mol. The molecule has 23 rings (SSSR count). The molecule has 26 nitrogen and oxygen atoms in total. The van der Waals surface area contributed by atoms with Gasteiger partial charge in [-0.3, -0.25) is 0 Å². The number of aromatic nitrogens is 21. The van der Waals surface area contributed by atoms with Crippen LogP contribution in [0.1, 0.15) is 86.6 Å². The van der Waals surface area contributed by atoms with Gasteiger partial charge < -0.3 is 13.7 Å². The number of hydrogen-bond donors (Lipinski definition) is 0. The Morgan fingerprint density at radius 1 is 0.193 bits per heavy atom. The quantitative estimate of drug-likeness (QED) is 0.0913. The minimum Gasteiger partial charge on any atom is -0.309 e. The molecular formula is C119H84N26. The molecule has 0 saturated heterocycles. The lowest BCUT2D eigenvalue weighted by molar-refractivity contribution is 0.923. The molecule has 0 radical (unpaired) electrons. The first-order valence-corrected chi connectivity index (χ1v) is 46.7. The molecule has 0 aliphatic rings. The van der Waals surface area contributed by atoms with Crippen LogP contribution in [-0.2, 0) is 0 Å². The van der Waals surface area contributed by atoms with Gasteiger partial charge in [-0.2, -0.15) is 15.8 Å². The normalized spacial score (nSPS) is 11.1. The van der Waals surface area contributed by atoms with E-state index in [0.717, 1.165) is 171 Å². The average Bonchev–Trinajstić information content (AvgIpc) is 1.57. The number of benzene rings is 14. The van der Waals surface area contributed by atoms with Gasteiger partial charge in [-0.25, -0.2) is 99.4 Å². The molecule has 0 atom stereocenters. The van der Waals surface area contributed by atoms with Crippen LogP contribution in [0.4, 0.5) is 11.4 Å². The van der Waals surface area contributed by atoms with Crippen molar-refractivity contribution >= 4 is 76.8 Å². The van der Waals surface area contributed by atoms with Crippen molar-refractivity contribution in [2.75, 3.05) is 0 Å². The van der Waals surface area contributed by atoms with Crippen LogP contribution in [0.3, 0.4) is 0 Å². The number of fused-ring (bicyclic) bond motifs is 9. The van der Waals surface area contributed by atoms with Gasteiger partial charge in [0.1, 0.15) is 69.9 Å². The van der Waals surface area contributed by atoms with Crippen molar-refractivity contribution in [2.24, 2.45) is 0 Å². The molecule has 0 saturated carbocycles. The molecule has 23 aromatic rings. The van der Waals surface area contributed by atoms with E-state index >= 15 is 0 Å². The molecule has 0 amide bonds. The fourth-order valence-corrected chi connectivity index (χ4v) is 19.3. The van der Waals surface area contributed by atoms with Gasteiger partial charge in [-0.15, -0.1) is 0 Å². The van der Waals surface area contributed by atoms with E-state index in [0.29, 0.717) is 133 Å². The third-order valence-electron chi connectivity index (χ3n) is 25.3. The van der Waals surface area contributed by atoms with Crippen LogP contribution >= 0.6 is 0 Å². The Bertz CT molecular complexity index is 9190. The van der Waals surface area contributed by atoms with Gasteiger partial charge in [0.2, 0.25) is 0 Å². The number of hydrogen-bond acceptors (Lipinski definition) is 21. The summed E-state index contributed by atoms with van der Waals surface area (Å²) in [4.78, 5) is 90.7. The molecule has 26 heteroatoms. The standard InChI is InChI=1S/2C42H29N9.C35H26N8/c1-24-45-25(2)48-41(47-24)30-16-19-38(36(20-30)42-49-26(3)46-27(4)50-42)51-39-21-28(32-11-7-6-10-31(32)23-43)14-17-34(39)35-18-15-29(22-40(35)51)33-12-8-9-13-37(33)44-5;1-24-45-25(2)48-41(47-24)30-16-19-40(36(22-30)42-49-26(3)46-27(4)50-42)51-38-17-14-28(32-11-7-6-10-31(32)23-43)20-34(38)35-21-29(15-18-39(35)51)33-12-8-9-13-37(33)44-5;1-20-37-21(2)40-34(39-20)25-14-16-33(30(18-25)35-41-22(3)38-23(4)42-35)43-31-12-8-7-11-28(31)29-17-24(13-15-32(29)43)27-10-6-5-9-26(27)19-36/h2*6-22H,1-4H3;5-18H,1-4H3. The smallest absolute Gasteiger partial charge is 0.194 e. The zero-order chi connectivity index (χ0) is 100. The largest absolute Gasteiger partial charge is 0.309 e. The summed E-state index contributed by atoms with van der Waals surface area (Å²) in [6.07, 6.45) is 0. The highest BCUT2D eigenvalue weighted by Crippen LogP contribution is 2.47. The Hall–Kier alpha value is -20.0. The number of para-hydroxylation sites is 3. The Balaban J connectivity index is 0.000000129. The van der Waals surface area contributed by atoms with Crippen molar-refractivity contribution in [2.45, 2.75) is 83.1 Å². The highest BCUT2D eigenvalue weighted by molar-refractivity contribution is 6.15. The molecule has 145 heavy (non-hydrogen) atoms. The molecule has 9 aromatic heterocycles. The minimum absolute atomic E-state index is 0.523. The molecule has 0 N–H and O–H groups in total. The molecular weight excluding hydrogens is 1790 g/mol. The number of nitriles is 3. The van der Waals surface area contributed by atoms with Crippen LogP contribution in [0.15, 0.2) is 291 Å². The van der Waals surface area contributed by atoms with Gasteiger partial charge in [-0.1, -0.05) is 164 Å². The van der Waals surface area contributed by atoms with E-state index < -0.39 is 0 Å². The zero-order valence-corrected chi connectivity index (χ0v) is 80.8. The highest BCUT2D eigenvalue weighted by Gasteiger charge is 2.28. The predicted molar refractivity (Wildman–Crippen MR) is 566 cm³/mol. The van der Waals surface area contributed by atoms with Crippen molar-refractivity contribution in [1.29, 1.82) is 15.8 Å². The molecule has 0 aliphatic heterocycles. The van der Waals surface area contributed by atoms with E-state index in [-0.39, 0.29) is 0 Å². The zero-order valence-electron chi connectivity index (χ0n) is 80.8. The molecule has 0 unspecified atom stereocenters. The number of aryl methyl sites for hydroxylation is 12. The second-order valence-corrected chi connectivity index (χ2v) is 35.1. The Labute approximate surface area is 833 Å². The second-order valence-electron chi connectivity index (χ2n) is 35.1. The van der Waals surface area contributed by atoms with Gasteiger partial charge in [0, 0.05) is 65.7 Å². The van der Waals surface area contributed by atoms with Crippen molar-refractivity contribution in [3.05, 3.63) is 401 Å². The van der Waals surface area contributed by atoms with Crippen LogP contribution in [0.5, 0.6) is 0 Å². The fourth-order valence-electron chi connectivity index (χ4n) is 19.3. The third kappa shape index (κ3) is 17.6. The predicted octanol–water partition coefficient (Wildman–Crippen LogP) is 26.2. The van der Waals surface area contributed by atoms with Gasteiger partial charge in [0.25, 0.3) is 0 Å². The summed E-state index contributed by atoms with van der Waals surface area (Å²) in [6, 6.07) is 104. The summed E-state index contributed by atoms with van der Waals surface area (Å²) >= 11 is 0. The molecule has 0 spiro atoms.